The van der Waals surface area contributed by atoms with E-state index in [-0.39, 0.29) is 19.1 Å². The highest BCUT2D eigenvalue weighted by atomic mass is 79.9. The van der Waals surface area contributed by atoms with Crippen LogP contribution in [-0.2, 0) is 11.4 Å². The van der Waals surface area contributed by atoms with Crippen molar-refractivity contribution in [1.82, 2.24) is 0 Å². The standard InChI is InChI=1S/C15H13Br2NO3/c16-11-3-1-2-4-13(11)18-15(20)9-21-14-6-5-10(8-19)7-12(14)17/h1-7,19H,8-9H2,(H,18,20). The van der Waals surface area contributed by atoms with Crippen molar-refractivity contribution in [3.63, 3.8) is 0 Å². The van der Waals surface area contributed by atoms with Crippen molar-refractivity contribution in [2.45, 2.75) is 6.61 Å². The van der Waals surface area contributed by atoms with Crippen LogP contribution in [0.25, 0.3) is 0 Å². The van der Waals surface area contributed by atoms with Gasteiger partial charge in [-0.2, -0.15) is 0 Å². The molecule has 2 rings (SSSR count). The SMILES string of the molecule is O=C(COc1ccc(CO)cc1Br)Nc1ccccc1Br. The van der Waals surface area contributed by atoms with Crippen LogP contribution in [0.2, 0.25) is 0 Å². The van der Waals surface area contributed by atoms with Gasteiger partial charge in [0.1, 0.15) is 5.75 Å². The van der Waals surface area contributed by atoms with E-state index in [2.05, 4.69) is 37.2 Å². The Morgan fingerprint density at radius 2 is 1.90 bits per heavy atom. The maximum Gasteiger partial charge on any atom is 0.262 e. The third kappa shape index (κ3) is 4.56. The minimum atomic E-state index is -0.250. The maximum atomic E-state index is 11.9. The number of hydrogen-bond donors (Lipinski definition) is 2. The monoisotopic (exact) mass is 413 g/mol. The highest BCUT2D eigenvalue weighted by Gasteiger charge is 2.08. The normalized spacial score (nSPS) is 10.2. The lowest BCUT2D eigenvalue weighted by molar-refractivity contribution is -0.118. The second kappa shape index (κ2) is 7.59. The van der Waals surface area contributed by atoms with Gasteiger partial charge in [-0.05, 0) is 61.7 Å². The number of aliphatic hydroxyl groups excluding tert-OH is 1. The average molecular weight is 415 g/mol. The Morgan fingerprint density at radius 1 is 1.14 bits per heavy atom. The molecule has 1 amide bonds. The van der Waals surface area contributed by atoms with Crippen LogP contribution < -0.4 is 10.1 Å². The number of amides is 1. The molecule has 6 heteroatoms. The summed E-state index contributed by atoms with van der Waals surface area (Å²) in [5.74, 6) is 0.300. The second-order valence-corrected chi connectivity index (χ2v) is 5.95. The van der Waals surface area contributed by atoms with Crippen LogP contribution in [0.5, 0.6) is 5.75 Å². The van der Waals surface area contributed by atoms with Gasteiger partial charge in [0.2, 0.25) is 0 Å². The lowest BCUT2D eigenvalue weighted by Crippen LogP contribution is -2.20. The molecule has 0 heterocycles. The van der Waals surface area contributed by atoms with Gasteiger partial charge in [-0.1, -0.05) is 18.2 Å². The summed E-state index contributed by atoms with van der Waals surface area (Å²) in [4.78, 5) is 11.9. The average Bonchev–Trinajstić information content (AvgIpc) is 2.48. The van der Waals surface area contributed by atoms with E-state index in [0.29, 0.717) is 15.9 Å². The fourth-order valence-corrected chi connectivity index (χ4v) is 2.58. The Bertz CT molecular complexity index is 647. The van der Waals surface area contributed by atoms with Gasteiger partial charge in [-0.3, -0.25) is 4.79 Å². The Kier molecular flexibility index (Phi) is 5.78. The number of carbonyl (C=O) groups excluding carboxylic acids is 1. The first-order chi connectivity index (χ1) is 10.1. The summed E-state index contributed by atoms with van der Waals surface area (Å²) in [5, 5.41) is 11.8. The lowest BCUT2D eigenvalue weighted by Gasteiger charge is -2.10. The number of nitrogens with one attached hydrogen (secondary N) is 1. The number of ether oxygens (including phenoxy) is 1. The summed E-state index contributed by atoms with van der Waals surface area (Å²) in [6, 6.07) is 12.6. The first kappa shape index (κ1) is 16.0. The highest BCUT2D eigenvalue weighted by molar-refractivity contribution is 9.11. The molecule has 0 saturated heterocycles. The fraction of sp³-hybridized carbons (Fsp3) is 0.133. The van der Waals surface area contributed by atoms with E-state index < -0.39 is 0 Å². The van der Waals surface area contributed by atoms with Crippen LogP contribution in [0.3, 0.4) is 0 Å². The first-order valence-corrected chi connectivity index (χ1v) is 7.75. The molecule has 2 aromatic carbocycles. The summed E-state index contributed by atoms with van der Waals surface area (Å²) in [6.45, 7) is -0.139. The number of carbonyl (C=O) groups is 1. The van der Waals surface area contributed by atoms with Gasteiger partial charge in [0, 0.05) is 4.47 Å². The van der Waals surface area contributed by atoms with Gasteiger partial charge in [0.05, 0.1) is 16.8 Å². The summed E-state index contributed by atoms with van der Waals surface area (Å²) >= 11 is 6.70. The molecular weight excluding hydrogens is 402 g/mol. The lowest BCUT2D eigenvalue weighted by atomic mass is 10.2. The van der Waals surface area contributed by atoms with E-state index in [1.807, 2.05) is 18.2 Å². The van der Waals surface area contributed by atoms with Crippen molar-refractivity contribution < 1.29 is 14.6 Å². The molecule has 2 N–H and O–H groups in total. The molecule has 0 atom stereocenters. The number of anilines is 1. The van der Waals surface area contributed by atoms with Gasteiger partial charge < -0.3 is 15.2 Å². The Labute approximate surface area is 139 Å². The molecule has 0 aromatic heterocycles. The van der Waals surface area contributed by atoms with Crippen LogP contribution in [0, 0.1) is 0 Å². The molecule has 0 spiro atoms. The molecule has 0 unspecified atom stereocenters. The third-order valence-electron chi connectivity index (χ3n) is 2.69. The zero-order chi connectivity index (χ0) is 15.2. The summed E-state index contributed by atoms with van der Waals surface area (Å²) in [5.41, 5.74) is 1.47. The van der Waals surface area contributed by atoms with Gasteiger partial charge >= 0.3 is 0 Å². The summed E-state index contributed by atoms with van der Waals surface area (Å²) < 4.78 is 6.96. The molecule has 0 saturated carbocycles. The van der Waals surface area contributed by atoms with E-state index in [9.17, 15) is 4.79 Å². The van der Waals surface area contributed by atoms with Crippen molar-refractivity contribution in [1.29, 1.82) is 0 Å². The molecule has 0 fully saturated rings. The third-order valence-corrected chi connectivity index (χ3v) is 4.00. The number of aliphatic hydroxyl groups is 1. The highest BCUT2D eigenvalue weighted by Crippen LogP contribution is 2.26. The van der Waals surface area contributed by atoms with Crippen LogP contribution in [0.1, 0.15) is 5.56 Å². The Hall–Kier alpha value is -1.37. The molecule has 4 nitrogen and oxygen atoms in total. The van der Waals surface area contributed by atoms with Gasteiger partial charge in [-0.15, -0.1) is 0 Å². The summed E-state index contributed by atoms with van der Waals surface area (Å²) in [6.07, 6.45) is 0. The minimum Gasteiger partial charge on any atom is -0.483 e. The van der Waals surface area contributed by atoms with Crippen molar-refractivity contribution in [3.8, 4) is 5.75 Å². The van der Waals surface area contributed by atoms with Gasteiger partial charge in [0.15, 0.2) is 6.61 Å². The van der Waals surface area contributed by atoms with E-state index in [1.54, 1.807) is 24.3 Å². The van der Waals surface area contributed by atoms with Crippen molar-refractivity contribution in [3.05, 3.63) is 57.0 Å². The molecular formula is C15H13Br2NO3. The molecule has 0 aliphatic heterocycles. The van der Waals surface area contributed by atoms with Crippen LogP contribution >= 0.6 is 31.9 Å². The predicted octanol–water partition coefficient (Wildman–Crippen LogP) is 3.72. The number of rotatable bonds is 5. The quantitative estimate of drug-likeness (QED) is 0.783. The van der Waals surface area contributed by atoms with Crippen LogP contribution in [0.15, 0.2) is 51.4 Å². The Balaban J connectivity index is 1.94. The second-order valence-electron chi connectivity index (χ2n) is 4.24. The van der Waals surface area contributed by atoms with Crippen molar-refractivity contribution >= 4 is 43.5 Å². The van der Waals surface area contributed by atoms with Crippen LogP contribution in [-0.4, -0.2) is 17.6 Å². The first-order valence-electron chi connectivity index (χ1n) is 6.16. The van der Waals surface area contributed by atoms with E-state index in [4.69, 9.17) is 9.84 Å². The van der Waals surface area contributed by atoms with E-state index in [0.717, 1.165) is 10.0 Å². The number of hydrogen-bond acceptors (Lipinski definition) is 3. The fourth-order valence-electron chi connectivity index (χ4n) is 1.65. The predicted molar refractivity (Wildman–Crippen MR) is 88.3 cm³/mol. The largest absolute Gasteiger partial charge is 0.483 e. The van der Waals surface area contributed by atoms with Gasteiger partial charge in [-0.25, -0.2) is 0 Å². The number of para-hydroxylation sites is 1. The molecule has 110 valence electrons. The smallest absolute Gasteiger partial charge is 0.262 e. The summed E-state index contributed by atoms with van der Waals surface area (Å²) in [7, 11) is 0. The van der Waals surface area contributed by atoms with E-state index >= 15 is 0 Å². The maximum absolute atomic E-state index is 11.9. The molecule has 0 radical (unpaired) electrons. The molecule has 0 aliphatic rings. The Morgan fingerprint density at radius 3 is 2.57 bits per heavy atom. The molecule has 2 aromatic rings. The zero-order valence-electron chi connectivity index (χ0n) is 11.0. The molecule has 0 aliphatic carbocycles. The number of benzene rings is 2. The van der Waals surface area contributed by atoms with Crippen molar-refractivity contribution in [2.24, 2.45) is 0 Å². The van der Waals surface area contributed by atoms with Crippen molar-refractivity contribution in [2.75, 3.05) is 11.9 Å². The molecule has 0 bridgehead atoms. The van der Waals surface area contributed by atoms with Gasteiger partial charge in [0.25, 0.3) is 5.91 Å². The minimum absolute atomic E-state index is 0.0403. The molecule has 21 heavy (non-hydrogen) atoms. The van der Waals surface area contributed by atoms with E-state index in [1.165, 1.54) is 0 Å². The zero-order valence-corrected chi connectivity index (χ0v) is 14.1. The number of halogens is 2. The van der Waals surface area contributed by atoms with Crippen LogP contribution in [0.4, 0.5) is 5.69 Å². The topological polar surface area (TPSA) is 58.6 Å².